The van der Waals surface area contributed by atoms with Crippen molar-refractivity contribution in [3.8, 4) is 0 Å². The lowest BCUT2D eigenvalue weighted by Gasteiger charge is -2.33. The lowest BCUT2D eigenvalue weighted by molar-refractivity contribution is -0.114. The third-order valence-electron chi connectivity index (χ3n) is 3.03. The van der Waals surface area contributed by atoms with Crippen LogP contribution in [0.15, 0.2) is 18.2 Å². The van der Waals surface area contributed by atoms with Crippen LogP contribution in [0.1, 0.15) is 38.9 Å². The van der Waals surface area contributed by atoms with Crippen LogP contribution in [0.3, 0.4) is 0 Å². The molecule has 2 unspecified atom stereocenters. The van der Waals surface area contributed by atoms with Crippen molar-refractivity contribution in [1.29, 1.82) is 0 Å². The second-order valence-electron chi connectivity index (χ2n) is 4.14. The molecule has 1 aromatic rings. The Balaban J connectivity index is 3.10. The number of ether oxygens (including phenoxy) is 1. The molecule has 96 valence electrons. The lowest BCUT2D eigenvalue weighted by Crippen LogP contribution is -2.36. The van der Waals surface area contributed by atoms with Gasteiger partial charge in [-0.15, -0.1) is 0 Å². The Morgan fingerprint density at radius 2 is 2.00 bits per heavy atom. The summed E-state index contributed by atoms with van der Waals surface area (Å²) in [6, 6.07) is 3.77. The van der Waals surface area contributed by atoms with Gasteiger partial charge < -0.3 is 9.84 Å². The van der Waals surface area contributed by atoms with E-state index < -0.39 is 23.3 Å². The summed E-state index contributed by atoms with van der Waals surface area (Å²) >= 11 is 0. The first-order valence-electron chi connectivity index (χ1n) is 5.72. The summed E-state index contributed by atoms with van der Waals surface area (Å²) in [6.07, 6.45) is -0.694. The first-order valence-corrected chi connectivity index (χ1v) is 5.72. The van der Waals surface area contributed by atoms with Crippen LogP contribution in [0.5, 0.6) is 0 Å². The molecule has 0 aliphatic heterocycles. The van der Waals surface area contributed by atoms with Crippen molar-refractivity contribution in [2.45, 2.75) is 38.9 Å². The van der Waals surface area contributed by atoms with Gasteiger partial charge in [0.2, 0.25) is 0 Å². The fraction of sp³-hybridized carbons (Fsp3) is 0.538. The van der Waals surface area contributed by atoms with E-state index in [2.05, 4.69) is 0 Å². The molecular weight excluding hydrogens is 226 g/mol. The molecule has 0 bridgehead atoms. The van der Waals surface area contributed by atoms with Crippen molar-refractivity contribution in [3.05, 3.63) is 35.4 Å². The molecule has 2 nitrogen and oxygen atoms in total. The summed E-state index contributed by atoms with van der Waals surface area (Å²) in [7, 11) is 0. The van der Waals surface area contributed by atoms with E-state index in [1.54, 1.807) is 13.8 Å². The van der Waals surface area contributed by atoms with Gasteiger partial charge in [0.25, 0.3) is 0 Å². The van der Waals surface area contributed by atoms with Gasteiger partial charge in [0, 0.05) is 12.2 Å². The fourth-order valence-corrected chi connectivity index (χ4v) is 1.76. The molecule has 0 heterocycles. The van der Waals surface area contributed by atoms with E-state index in [1.807, 2.05) is 6.92 Å². The molecule has 0 aliphatic rings. The minimum absolute atomic E-state index is 0.0669. The average Bonchev–Trinajstić information content (AvgIpc) is 2.32. The van der Waals surface area contributed by atoms with Crippen LogP contribution >= 0.6 is 0 Å². The van der Waals surface area contributed by atoms with Crippen molar-refractivity contribution in [1.82, 2.24) is 0 Å². The molecule has 0 radical (unpaired) electrons. The maximum absolute atomic E-state index is 13.6. The largest absolute Gasteiger partial charge is 0.385 e. The second-order valence-corrected chi connectivity index (χ2v) is 4.14. The number of rotatable bonds is 5. The van der Waals surface area contributed by atoms with Gasteiger partial charge in [-0.2, -0.15) is 0 Å². The maximum atomic E-state index is 13.6. The molecule has 1 N–H and O–H groups in total. The molecule has 4 heteroatoms. The van der Waals surface area contributed by atoms with Gasteiger partial charge in [0.15, 0.2) is 11.6 Å². The van der Waals surface area contributed by atoms with Crippen LogP contribution in [0.4, 0.5) is 8.78 Å². The monoisotopic (exact) mass is 244 g/mol. The van der Waals surface area contributed by atoms with Gasteiger partial charge >= 0.3 is 0 Å². The minimum atomic E-state index is -1.19. The number of aliphatic hydroxyl groups is 1. The molecular formula is C13H18F2O2. The number of hydrogen-bond donors (Lipinski definition) is 1. The Labute approximate surface area is 100 Å². The first kappa shape index (κ1) is 14.1. The molecule has 1 aromatic carbocycles. The zero-order valence-electron chi connectivity index (χ0n) is 10.3. The van der Waals surface area contributed by atoms with E-state index >= 15 is 0 Å². The third kappa shape index (κ3) is 2.82. The third-order valence-corrected chi connectivity index (χ3v) is 3.03. The molecule has 1 rings (SSSR count). The molecule has 0 aliphatic carbocycles. The van der Waals surface area contributed by atoms with Crippen molar-refractivity contribution in [2.75, 3.05) is 6.61 Å². The number of benzene rings is 1. The Bertz CT molecular complexity index is 382. The van der Waals surface area contributed by atoms with Gasteiger partial charge in [0.1, 0.15) is 6.10 Å². The highest BCUT2D eigenvalue weighted by atomic mass is 19.2. The van der Waals surface area contributed by atoms with Crippen LogP contribution in [-0.2, 0) is 4.74 Å². The second kappa shape index (κ2) is 5.56. The Hall–Kier alpha value is -1.00. The van der Waals surface area contributed by atoms with Gasteiger partial charge in [-0.25, -0.2) is 8.78 Å². The predicted octanol–water partition coefficient (Wildman–Crippen LogP) is 3.20. The van der Waals surface area contributed by atoms with Crippen molar-refractivity contribution in [3.63, 3.8) is 0 Å². The van der Waals surface area contributed by atoms with Crippen LogP contribution < -0.4 is 0 Å². The average molecular weight is 244 g/mol. The molecule has 17 heavy (non-hydrogen) atoms. The minimum Gasteiger partial charge on any atom is -0.385 e. The summed E-state index contributed by atoms with van der Waals surface area (Å²) in [4.78, 5) is 0. The van der Waals surface area contributed by atoms with E-state index in [-0.39, 0.29) is 5.56 Å². The Morgan fingerprint density at radius 1 is 1.35 bits per heavy atom. The maximum Gasteiger partial charge on any atom is 0.164 e. The number of hydrogen-bond acceptors (Lipinski definition) is 2. The Morgan fingerprint density at radius 3 is 2.53 bits per heavy atom. The summed E-state index contributed by atoms with van der Waals surface area (Å²) in [5.74, 6) is -1.98. The predicted molar refractivity (Wildman–Crippen MR) is 61.6 cm³/mol. The van der Waals surface area contributed by atoms with E-state index in [9.17, 15) is 13.9 Å². The molecule has 0 saturated heterocycles. The summed E-state index contributed by atoms with van der Waals surface area (Å²) < 4.78 is 32.1. The summed E-state index contributed by atoms with van der Waals surface area (Å²) in [6.45, 7) is 5.71. The van der Waals surface area contributed by atoms with Gasteiger partial charge in [-0.3, -0.25) is 0 Å². The fourth-order valence-electron chi connectivity index (χ4n) is 1.76. The molecule has 0 amide bonds. The molecule has 0 aromatic heterocycles. The molecule has 0 saturated carbocycles. The zero-order valence-corrected chi connectivity index (χ0v) is 10.3. The molecule has 0 spiro atoms. The standard InChI is InChI=1S/C13H18F2O2/c1-4-13(3,17-5-2)12(16)9-7-6-8-10(14)11(9)15/h6-8,12,16H,4-5H2,1-3H3. The summed E-state index contributed by atoms with van der Waals surface area (Å²) in [5.41, 5.74) is -0.980. The van der Waals surface area contributed by atoms with Crippen molar-refractivity contribution >= 4 is 0 Å². The highest BCUT2D eigenvalue weighted by Gasteiger charge is 2.35. The van der Waals surface area contributed by atoms with Gasteiger partial charge in [-0.1, -0.05) is 19.1 Å². The van der Waals surface area contributed by atoms with Crippen LogP contribution in [0, 0.1) is 11.6 Å². The quantitative estimate of drug-likeness (QED) is 0.861. The van der Waals surface area contributed by atoms with E-state index in [1.165, 1.54) is 12.1 Å². The van der Waals surface area contributed by atoms with E-state index in [0.29, 0.717) is 13.0 Å². The van der Waals surface area contributed by atoms with Gasteiger partial charge in [0.05, 0.1) is 5.60 Å². The molecule has 0 fully saturated rings. The zero-order chi connectivity index (χ0) is 13.1. The van der Waals surface area contributed by atoms with E-state index in [0.717, 1.165) is 6.07 Å². The van der Waals surface area contributed by atoms with Crippen LogP contribution in [-0.4, -0.2) is 17.3 Å². The van der Waals surface area contributed by atoms with Gasteiger partial charge in [-0.05, 0) is 26.3 Å². The number of halogens is 2. The number of aliphatic hydroxyl groups excluding tert-OH is 1. The first-order chi connectivity index (χ1) is 7.96. The van der Waals surface area contributed by atoms with Crippen LogP contribution in [0.25, 0.3) is 0 Å². The van der Waals surface area contributed by atoms with Crippen LogP contribution in [0.2, 0.25) is 0 Å². The highest BCUT2D eigenvalue weighted by molar-refractivity contribution is 5.23. The lowest BCUT2D eigenvalue weighted by atomic mass is 9.90. The van der Waals surface area contributed by atoms with E-state index in [4.69, 9.17) is 4.74 Å². The molecule has 2 atom stereocenters. The van der Waals surface area contributed by atoms with Crippen molar-refractivity contribution < 1.29 is 18.6 Å². The normalized spacial score (nSPS) is 16.6. The smallest absolute Gasteiger partial charge is 0.164 e. The SMILES string of the molecule is CCOC(C)(CC)C(O)c1cccc(F)c1F. The highest BCUT2D eigenvalue weighted by Crippen LogP contribution is 2.33. The van der Waals surface area contributed by atoms with Crippen molar-refractivity contribution in [2.24, 2.45) is 0 Å². The topological polar surface area (TPSA) is 29.5 Å². The summed E-state index contributed by atoms with van der Waals surface area (Å²) in [5, 5.41) is 10.1. The Kier molecular flexibility index (Phi) is 4.60.